The first-order valence-electron chi connectivity index (χ1n) is 13.5. The van der Waals surface area contributed by atoms with E-state index in [4.69, 9.17) is 10.5 Å². The summed E-state index contributed by atoms with van der Waals surface area (Å²) in [6.07, 6.45) is 6.75. The maximum atomic E-state index is 13.0. The van der Waals surface area contributed by atoms with E-state index < -0.39 is 0 Å². The number of nitrogens with two attached hydrogens (primary N) is 1. The first-order valence-corrected chi connectivity index (χ1v) is 13.5. The van der Waals surface area contributed by atoms with Gasteiger partial charge in [-0.3, -0.25) is 9.69 Å². The van der Waals surface area contributed by atoms with Gasteiger partial charge in [0.2, 0.25) is 0 Å². The molecule has 0 radical (unpaired) electrons. The Balaban J connectivity index is 1.30. The minimum absolute atomic E-state index is 0.0677. The van der Waals surface area contributed by atoms with Gasteiger partial charge in [-0.05, 0) is 61.6 Å². The SMILES string of the molecule is C[C@@H]1CN(C2CCOCC2)C[C@@]1(C)c1ccc(-c2cnc(N)c(C(=O)N[C@H]3CC[C@@H](O)CC3)c2)cc1. The Morgan fingerprint density at radius 2 is 1.81 bits per heavy atom. The zero-order chi connectivity index (χ0) is 25.3. The zero-order valence-corrected chi connectivity index (χ0v) is 21.6. The van der Waals surface area contributed by atoms with E-state index in [0.29, 0.717) is 17.5 Å². The topological polar surface area (TPSA) is 101 Å². The summed E-state index contributed by atoms with van der Waals surface area (Å²) >= 11 is 0. The van der Waals surface area contributed by atoms with Crippen LogP contribution in [0.2, 0.25) is 0 Å². The third kappa shape index (κ3) is 5.15. The van der Waals surface area contributed by atoms with E-state index in [9.17, 15) is 9.90 Å². The molecule has 1 aliphatic carbocycles. The third-order valence-electron chi connectivity index (χ3n) is 8.91. The molecule has 0 unspecified atom stereocenters. The molecule has 0 spiro atoms. The van der Waals surface area contributed by atoms with Gasteiger partial charge in [0.05, 0.1) is 11.7 Å². The van der Waals surface area contributed by atoms with E-state index in [2.05, 4.69) is 53.3 Å². The molecule has 2 atom stereocenters. The molecule has 4 N–H and O–H groups in total. The number of aliphatic hydroxyl groups is 1. The number of ether oxygens (including phenoxy) is 1. The van der Waals surface area contributed by atoms with Gasteiger partial charge in [0.15, 0.2) is 0 Å². The van der Waals surface area contributed by atoms with Crippen molar-refractivity contribution in [1.29, 1.82) is 0 Å². The summed E-state index contributed by atoms with van der Waals surface area (Å²) in [6, 6.07) is 11.3. The summed E-state index contributed by atoms with van der Waals surface area (Å²) < 4.78 is 5.58. The molecular formula is C29H40N4O3. The maximum Gasteiger partial charge on any atom is 0.255 e. The fraction of sp³-hybridized carbons (Fsp3) is 0.586. The second kappa shape index (κ2) is 10.5. The highest BCUT2D eigenvalue weighted by Gasteiger charge is 2.43. The monoisotopic (exact) mass is 492 g/mol. The van der Waals surface area contributed by atoms with Crippen molar-refractivity contribution >= 4 is 11.7 Å². The van der Waals surface area contributed by atoms with Crippen LogP contribution < -0.4 is 11.1 Å². The number of carbonyl (C=O) groups is 1. The molecule has 5 rings (SSSR count). The molecule has 194 valence electrons. The Bertz CT molecular complexity index is 1060. The minimum Gasteiger partial charge on any atom is -0.393 e. The molecule has 0 bridgehead atoms. The van der Waals surface area contributed by atoms with Crippen LogP contribution in [-0.2, 0) is 10.2 Å². The molecular weight excluding hydrogens is 452 g/mol. The van der Waals surface area contributed by atoms with Crippen molar-refractivity contribution in [2.24, 2.45) is 5.92 Å². The van der Waals surface area contributed by atoms with Crippen LogP contribution in [0, 0.1) is 5.92 Å². The molecule has 2 aliphatic heterocycles. The summed E-state index contributed by atoms with van der Waals surface area (Å²) in [5, 5.41) is 12.8. The average molecular weight is 493 g/mol. The zero-order valence-electron chi connectivity index (χ0n) is 21.6. The number of benzene rings is 1. The first-order chi connectivity index (χ1) is 17.3. The van der Waals surface area contributed by atoms with E-state index in [0.717, 1.165) is 76.0 Å². The van der Waals surface area contributed by atoms with Crippen molar-refractivity contribution in [3.8, 4) is 11.1 Å². The molecule has 1 aromatic heterocycles. The number of aromatic nitrogens is 1. The summed E-state index contributed by atoms with van der Waals surface area (Å²) in [7, 11) is 0. The predicted octanol–water partition coefficient (Wildman–Crippen LogP) is 3.75. The number of nitrogens with one attached hydrogen (secondary N) is 1. The van der Waals surface area contributed by atoms with Gasteiger partial charge in [-0.1, -0.05) is 38.1 Å². The number of aliphatic hydroxyl groups excluding tert-OH is 1. The lowest BCUT2D eigenvalue weighted by Gasteiger charge is -2.33. The molecule has 3 aliphatic rings. The number of rotatable bonds is 5. The quantitative estimate of drug-likeness (QED) is 0.588. The molecule has 1 aromatic carbocycles. The third-order valence-corrected chi connectivity index (χ3v) is 8.91. The molecule has 7 nitrogen and oxygen atoms in total. The molecule has 7 heteroatoms. The van der Waals surface area contributed by atoms with Crippen molar-refractivity contribution in [1.82, 2.24) is 15.2 Å². The van der Waals surface area contributed by atoms with E-state index in [1.807, 2.05) is 6.07 Å². The number of nitrogens with zero attached hydrogens (tertiary/aromatic N) is 2. The van der Waals surface area contributed by atoms with Gasteiger partial charge >= 0.3 is 0 Å². The second-order valence-electron chi connectivity index (χ2n) is 11.3. The Hall–Kier alpha value is -2.48. The van der Waals surface area contributed by atoms with Crippen LogP contribution in [0.3, 0.4) is 0 Å². The van der Waals surface area contributed by atoms with Crippen LogP contribution in [0.4, 0.5) is 5.82 Å². The number of likely N-dealkylation sites (tertiary alicyclic amines) is 1. The Morgan fingerprint density at radius 3 is 2.50 bits per heavy atom. The number of hydrogen-bond donors (Lipinski definition) is 3. The molecule has 36 heavy (non-hydrogen) atoms. The van der Waals surface area contributed by atoms with Crippen LogP contribution >= 0.6 is 0 Å². The highest BCUT2D eigenvalue weighted by molar-refractivity contribution is 5.99. The average Bonchev–Trinajstić information content (AvgIpc) is 3.21. The normalized spacial score (nSPS) is 29.8. The van der Waals surface area contributed by atoms with Gasteiger partial charge in [-0.2, -0.15) is 0 Å². The molecule has 1 saturated carbocycles. The van der Waals surface area contributed by atoms with Crippen molar-refractivity contribution in [2.75, 3.05) is 32.0 Å². The number of carbonyl (C=O) groups excluding carboxylic acids is 1. The van der Waals surface area contributed by atoms with E-state index >= 15 is 0 Å². The molecule has 2 aromatic rings. The summed E-state index contributed by atoms with van der Waals surface area (Å²) in [5.74, 6) is 0.616. The van der Waals surface area contributed by atoms with Crippen LogP contribution in [0.25, 0.3) is 11.1 Å². The van der Waals surface area contributed by atoms with Gasteiger partial charge in [-0.15, -0.1) is 0 Å². The van der Waals surface area contributed by atoms with Crippen LogP contribution in [-0.4, -0.2) is 65.4 Å². The predicted molar refractivity (Wildman–Crippen MR) is 142 cm³/mol. The highest BCUT2D eigenvalue weighted by Crippen LogP contribution is 2.41. The molecule has 1 amide bonds. The van der Waals surface area contributed by atoms with E-state index in [1.165, 1.54) is 5.56 Å². The number of amides is 1. The van der Waals surface area contributed by atoms with Gasteiger partial charge in [-0.25, -0.2) is 4.98 Å². The summed E-state index contributed by atoms with van der Waals surface area (Å²) in [6.45, 7) is 8.71. The smallest absolute Gasteiger partial charge is 0.255 e. The number of pyridine rings is 1. The number of nitrogen functional groups attached to an aromatic ring is 1. The first kappa shape index (κ1) is 25.2. The molecule has 3 heterocycles. The van der Waals surface area contributed by atoms with E-state index in [-0.39, 0.29) is 29.3 Å². The highest BCUT2D eigenvalue weighted by atomic mass is 16.5. The molecule has 2 saturated heterocycles. The van der Waals surface area contributed by atoms with Gasteiger partial charge < -0.3 is 20.9 Å². The summed E-state index contributed by atoms with van der Waals surface area (Å²) in [4.78, 5) is 20.0. The van der Waals surface area contributed by atoms with Crippen LogP contribution in [0.5, 0.6) is 0 Å². The standard InChI is InChI=1S/C29H40N4O3/c1-19-17-33(24-11-13-36-14-12-24)18-29(19,2)22-5-3-20(4-6-22)21-15-26(27(30)31-16-21)28(35)32-23-7-9-25(34)10-8-23/h3-6,15-16,19,23-25,34H,7-14,17-18H2,1-2H3,(H2,30,31)(H,32,35)/t19-,23-,25+,29-/m1/s1. The minimum atomic E-state index is -0.254. The van der Waals surface area contributed by atoms with Gasteiger partial charge in [0.25, 0.3) is 5.91 Å². The maximum absolute atomic E-state index is 13.0. The lowest BCUT2D eigenvalue weighted by Crippen LogP contribution is -2.39. The Morgan fingerprint density at radius 1 is 1.11 bits per heavy atom. The van der Waals surface area contributed by atoms with Crippen LogP contribution in [0.15, 0.2) is 36.5 Å². The lowest BCUT2D eigenvalue weighted by molar-refractivity contribution is 0.0401. The second-order valence-corrected chi connectivity index (χ2v) is 11.3. The van der Waals surface area contributed by atoms with E-state index in [1.54, 1.807) is 6.20 Å². The lowest BCUT2D eigenvalue weighted by atomic mass is 9.75. The number of hydrogen-bond acceptors (Lipinski definition) is 6. The van der Waals surface area contributed by atoms with Crippen molar-refractivity contribution in [2.45, 2.75) is 76.0 Å². The van der Waals surface area contributed by atoms with Crippen molar-refractivity contribution in [3.63, 3.8) is 0 Å². The van der Waals surface area contributed by atoms with Crippen molar-refractivity contribution < 1.29 is 14.6 Å². The molecule has 3 fully saturated rings. The van der Waals surface area contributed by atoms with Gasteiger partial charge in [0, 0.05) is 55.6 Å². The summed E-state index contributed by atoms with van der Waals surface area (Å²) in [5.41, 5.74) is 9.86. The largest absolute Gasteiger partial charge is 0.393 e. The van der Waals surface area contributed by atoms with Crippen molar-refractivity contribution in [3.05, 3.63) is 47.7 Å². The Kier molecular flexibility index (Phi) is 7.33. The fourth-order valence-electron chi connectivity index (χ4n) is 6.24. The Labute approximate surface area is 214 Å². The fourth-order valence-corrected chi connectivity index (χ4v) is 6.24. The van der Waals surface area contributed by atoms with Crippen LogP contribution in [0.1, 0.15) is 68.3 Å². The number of anilines is 1. The van der Waals surface area contributed by atoms with Gasteiger partial charge in [0.1, 0.15) is 5.82 Å².